The van der Waals surface area contributed by atoms with E-state index in [1.807, 2.05) is 29.3 Å². The van der Waals surface area contributed by atoms with E-state index >= 15 is 0 Å². The highest BCUT2D eigenvalue weighted by Crippen LogP contribution is 2.55. The smallest absolute Gasteiger partial charge is 0.321 e. The van der Waals surface area contributed by atoms with Gasteiger partial charge in [-0.05, 0) is 18.4 Å². The molecule has 27 heavy (non-hydrogen) atoms. The summed E-state index contributed by atoms with van der Waals surface area (Å²) >= 11 is 0. The van der Waals surface area contributed by atoms with Crippen LogP contribution in [0, 0.1) is 10.8 Å². The van der Waals surface area contributed by atoms with Gasteiger partial charge in [0.25, 0.3) is 0 Å². The van der Waals surface area contributed by atoms with Crippen molar-refractivity contribution in [3.63, 3.8) is 0 Å². The van der Waals surface area contributed by atoms with Crippen LogP contribution in [0.4, 0.5) is 0 Å². The molecule has 1 amide bonds. The molecule has 0 spiro atoms. The van der Waals surface area contributed by atoms with Crippen molar-refractivity contribution in [2.45, 2.75) is 39.3 Å². The number of rotatable bonds is 5. The number of carbonyl (C=O) groups is 2. The normalized spacial score (nSPS) is 22.0. The van der Waals surface area contributed by atoms with E-state index in [0.29, 0.717) is 25.9 Å². The summed E-state index contributed by atoms with van der Waals surface area (Å²) in [5.74, 6) is 0.334. The second-order valence-corrected chi connectivity index (χ2v) is 8.30. The van der Waals surface area contributed by atoms with Crippen LogP contribution in [0.3, 0.4) is 0 Å². The van der Waals surface area contributed by atoms with Gasteiger partial charge < -0.3 is 14.2 Å². The van der Waals surface area contributed by atoms with Crippen LogP contribution in [0.1, 0.15) is 44.1 Å². The molecule has 1 aliphatic heterocycles. The Morgan fingerprint density at radius 1 is 1.22 bits per heavy atom. The number of esters is 1. The lowest BCUT2D eigenvalue weighted by molar-refractivity contribution is -0.168. The molecule has 0 radical (unpaired) electrons. The summed E-state index contributed by atoms with van der Waals surface area (Å²) in [4.78, 5) is 31.7. The van der Waals surface area contributed by atoms with Gasteiger partial charge in [-0.1, -0.05) is 44.2 Å². The second-order valence-electron chi connectivity index (χ2n) is 8.30. The largest absolute Gasteiger partial charge is 0.468 e. The predicted octanol–water partition coefficient (Wildman–Crippen LogP) is 2.79. The molecule has 1 aromatic carbocycles. The number of amides is 1. The number of hydrogen-bond donors (Lipinski definition) is 0. The molecule has 0 bridgehead atoms. The molecule has 1 unspecified atom stereocenters. The summed E-state index contributed by atoms with van der Waals surface area (Å²) < 4.78 is 6.99. The topological polar surface area (TPSA) is 64.4 Å². The first-order valence-electron chi connectivity index (χ1n) is 9.33. The van der Waals surface area contributed by atoms with Crippen LogP contribution >= 0.6 is 0 Å². The zero-order chi connectivity index (χ0) is 19.2. The van der Waals surface area contributed by atoms with Crippen molar-refractivity contribution < 1.29 is 14.3 Å². The van der Waals surface area contributed by atoms with Gasteiger partial charge in [-0.15, -0.1) is 0 Å². The average Bonchev–Trinajstić information content (AvgIpc) is 3.36. The van der Waals surface area contributed by atoms with Crippen molar-refractivity contribution >= 4 is 11.9 Å². The lowest BCUT2D eigenvalue weighted by Crippen LogP contribution is -2.61. The first-order chi connectivity index (χ1) is 12.9. The van der Waals surface area contributed by atoms with E-state index in [4.69, 9.17) is 4.74 Å². The van der Waals surface area contributed by atoms with Crippen molar-refractivity contribution in [3.8, 4) is 0 Å². The van der Waals surface area contributed by atoms with Gasteiger partial charge in [0.2, 0.25) is 5.91 Å². The number of benzene rings is 1. The highest BCUT2D eigenvalue weighted by Gasteiger charge is 2.63. The van der Waals surface area contributed by atoms with Gasteiger partial charge in [0.05, 0.1) is 13.2 Å². The molecule has 1 saturated carbocycles. The fourth-order valence-electron chi connectivity index (χ4n) is 4.19. The van der Waals surface area contributed by atoms with Crippen LogP contribution in [0.2, 0.25) is 0 Å². The molecule has 1 aromatic heterocycles. The van der Waals surface area contributed by atoms with Crippen LogP contribution in [0.15, 0.2) is 42.7 Å². The van der Waals surface area contributed by atoms with E-state index in [0.717, 1.165) is 5.82 Å². The molecule has 142 valence electrons. The number of methoxy groups -OCH3 is 1. The molecule has 4 rings (SSSR count). The Labute approximate surface area is 159 Å². The highest BCUT2D eigenvalue weighted by molar-refractivity contribution is 6.06. The molecular formula is C21H25N3O3. The van der Waals surface area contributed by atoms with Crippen LogP contribution in [-0.4, -0.2) is 40.0 Å². The lowest BCUT2D eigenvalue weighted by atomic mass is 9.73. The second kappa shape index (κ2) is 6.22. The molecular weight excluding hydrogens is 342 g/mol. The Balaban J connectivity index is 1.61. The number of nitrogens with zero attached hydrogens (tertiary/aromatic N) is 3. The van der Waals surface area contributed by atoms with Crippen LogP contribution in [0.25, 0.3) is 0 Å². The maximum Gasteiger partial charge on any atom is 0.321 e. The quantitative estimate of drug-likeness (QED) is 0.602. The van der Waals surface area contributed by atoms with Crippen molar-refractivity contribution in [1.82, 2.24) is 14.5 Å². The zero-order valence-electron chi connectivity index (χ0n) is 16.0. The summed E-state index contributed by atoms with van der Waals surface area (Å²) in [6.45, 7) is 5.60. The Morgan fingerprint density at radius 3 is 2.52 bits per heavy atom. The van der Waals surface area contributed by atoms with E-state index in [9.17, 15) is 9.59 Å². The molecule has 1 atom stereocenters. The van der Waals surface area contributed by atoms with Crippen molar-refractivity contribution in [2.75, 3.05) is 13.7 Å². The molecule has 2 heterocycles. The molecule has 2 aliphatic rings. The fraction of sp³-hybridized carbons (Fsp3) is 0.476. The Morgan fingerprint density at radius 2 is 1.93 bits per heavy atom. The summed E-state index contributed by atoms with van der Waals surface area (Å²) in [6.07, 6.45) is 4.87. The van der Waals surface area contributed by atoms with Gasteiger partial charge in [-0.25, -0.2) is 4.98 Å². The predicted molar refractivity (Wildman–Crippen MR) is 99.7 cm³/mol. The van der Waals surface area contributed by atoms with E-state index in [1.54, 1.807) is 6.20 Å². The van der Waals surface area contributed by atoms with Gasteiger partial charge in [0, 0.05) is 30.9 Å². The molecule has 2 aromatic rings. The lowest BCUT2D eigenvalue weighted by Gasteiger charge is -2.54. The summed E-state index contributed by atoms with van der Waals surface area (Å²) in [7, 11) is 1.35. The van der Waals surface area contributed by atoms with Gasteiger partial charge in [0.1, 0.15) is 11.2 Å². The third-order valence-corrected chi connectivity index (χ3v) is 5.81. The highest BCUT2D eigenvalue weighted by atomic mass is 16.5. The third kappa shape index (κ3) is 2.83. The summed E-state index contributed by atoms with van der Waals surface area (Å²) in [5.41, 5.74) is 0.113. The van der Waals surface area contributed by atoms with Gasteiger partial charge in [0.15, 0.2) is 0 Å². The fourth-order valence-corrected chi connectivity index (χ4v) is 4.19. The standard InChI is InChI=1S/C21H25N3O3/c1-20(2)14-24(18(25)21(9-10-21)19(26)27-3)16(20)17-22-11-12-23(17)13-15-7-5-4-6-8-15/h4-8,11-12,16H,9-10,13-14H2,1-3H3. The average molecular weight is 367 g/mol. The number of hydrogen-bond acceptors (Lipinski definition) is 4. The van der Waals surface area contributed by atoms with Crippen LogP contribution in [0.5, 0.6) is 0 Å². The molecule has 2 fully saturated rings. The van der Waals surface area contributed by atoms with E-state index < -0.39 is 11.4 Å². The number of likely N-dealkylation sites (tertiary alicyclic amines) is 1. The minimum absolute atomic E-state index is 0.0956. The van der Waals surface area contributed by atoms with Crippen LogP contribution < -0.4 is 0 Å². The minimum atomic E-state index is -0.972. The van der Waals surface area contributed by atoms with Gasteiger partial charge in [-0.3, -0.25) is 9.59 Å². The van der Waals surface area contributed by atoms with E-state index in [-0.39, 0.29) is 17.4 Å². The number of ether oxygens (including phenoxy) is 1. The monoisotopic (exact) mass is 367 g/mol. The van der Waals surface area contributed by atoms with Crippen molar-refractivity contribution in [2.24, 2.45) is 10.8 Å². The Bertz CT molecular complexity index is 868. The number of carbonyl (C=O) groups excluding carboxylic acids is 2. The minimum Gasteiger partial charge on any atom is -0.468 e. The maximum atomic E-state index is 13.2. The summed E-state index contributed by atoms with van der Waals surface area (Å²) in [6, 6.07) is 10.0. The first kappa shape index (κ1) is 17.8. The Hall–Kier alpha value is -2.63. The maximum absolute atomic E-state index is 13.2. The Kier molecular flexibility index (Phi) is 4.09. The van der Waals surface area contributed by atoms with E-state index in [1.165, 1.54) is 12.7 Å². The SMILES string of the molecule is COC(=O)C1(C(=O)N2CC(C)(C)C2c2nccn2Cc2ccccc2)CC1. The van der Waals surface area contributed by atoms with Gasteiger partial charge in [-0.2, -0.15) is 0 Å². The molecule has 6 heteroatoms. The molecule has 6 nitrogen and oxygen atoms in total. The van der Waals surface area contributed by atoms with Gasteiger partial charge >= 0.3 is 5.97 Å². The first-order valence-corrected chi connectivity index (χ1v) is 9.33. The van der Waals surface area contributed by atoms with E-state index in [2.05, 4.69) is 35.5 Å². The van der Waals surface area contributed by atoms with Crippen molar-refractivity contribution in [3.05, 3.63) is 54.1 Å². The van der Waals surface area contributed by atoms with Crippen LogP contribution in [-0.2, 0) is 20.9 Å². The number of aromatic nitrogens is 2. The van der Waals surface area contributed by atoms with Crippen molar-refractivity contribution in [1.29, 1.82) is 0 Å². The molecule has 0 N–H and O–H groups in total. The molecule has 1 saturated heterocycles. The number of imidazole rings is 1. The summed E-state index contributed by atoms with van der Waals surface area (Å²) in [5, 5.41) is 0. The third-order valence-electron chi connectivity index (χ3n) is 5.81. The molecule has 1 aliphatic carbocycles. The zero-order valence-corrected chi connectivity index (χ0v) is 16.0.